The van der Waals surface area contributed by atoms with Gasteiger partial charge in [0.05, 0.1) is 12.5 Å². The third-order valence-corrected chi connectivity index (χ3v) is 3.29. The van der Waals surface area contributed by atoms with Gasteiger partial charge in [0, 0.05) is 17.8 Å². The van der Waals surface area contributed by atoms with Crippen LogP contribution in [0.15, 0.2) is 0 Å². The molecule has 2 nitrogen and oxygen atoms in total. The van der Waals surface area contributed by atoms with E-state index in [4.69, 9.17) is 5.26 Å². The summed E-state index contributed by atoms with van der Waals surface area (Å²) in [5.41, 5.74) is 0. The Kier molecular flexibility index (Phi) is 7.12. The summed E-state index contributed by atoms with van der Waals surface area (Å²) in [6.45, 7) is 4.36. The van der Waals surface area contributed by atoms with E-state index in [0.29, 0.717) is 18.5 Å². The maximum Gasteiger partial charge on any atom is 0.0638 e. The molecular weight excluding hydrogens is 180 g/mol. The van der Waals surface area contributed by atoms with Crippen molar-refractivity contribution in [3.05, 3.63) is 0 Å². The summed E-state index contributed by atoms with van der Waals surface area (Å²) in [5, 5.41) is 8.65. The highest BCUT2D eigenvalue weighted by atomic mass is 32.2. The van der Waals surface area contributed by atoms with Crippen LogP contribution >= 0.6 is 11.8 Å². The molecule has 0 aromatic carbocycles. The fraction of sp³-hybridized carbons (Fsp3) is 0.900. The van der Waals surface area contributed by atoms with E-state index in [9.17, 15) is 0 Å². The Bertz CT molecular complexity index is 165. The summed E-state index contributed by atoms with van der Waals surface area (Å²) in [6, 6.07) is 3.23. The molecule has 0 amide bonds. The van der Waals surface area contributed by atoms with Crippen LogP contribution in [0.3, 0.4) is 0 Å². The van der Waals surface area contributed by atoms with Crippen LogP contribution in [-0.2, 0) is 0 Å². The molecule has 0 heterocycles. The zero-order chi connectivity index (χ0) is 10.3. The molecule has 13 heavy (non-hydrogen) atoms. The van der Waals surface area contributed by atoms with Crippen LogP contribution < -0.4 is 0 Å². The second kappa shape index (κ2) is 7.23. The van der Waals surface area contributed by atoms with Crippen molar-refractivity contribution in [1.29, 1.82) is 5.26 Å². The van der Waals surface area contributed by atoms with E-state index in [1.807, 2.05) is 11.8 Å². The van der Waals surface area contributed by atoms with Crippen LogP contribution in [0.2, 0.25) is 0 Å². The largest absolute Gasteiger partial charge is 0.299 e. The highest BCUT2D eigenvalue weighted by Gasteiger charge is 2.17. The normalized spacial score (nSPS) is 15.4. The van der Waals surface area contributed by atoms with Crippen LogP contribution in [0.25, 0.3) is 0 Å². The summed E-state index contributed by atoms with van der Waals surface area (Å²) >= 11 is 1.86. The first-order chi connectivity index (χ1) is 6.17. The molecule has 2 unspecified atom stereocenters. The van der Waals surface area contributed by atoms with Gasteiger partial charge in [0.15, 0.2) is 0 Å². The van der Waals surface area contributed by atoms with Gasteiger partial charge in [-0.1, -0.05) is 6.92 Å². The Morgan fingerprint density at radius 3 is 2.54 bits per heavy atom. The molecule has 0 aliphatic heterocycles. The Labute approximate surface area is 86.3 Å². The first kappa shape index (κ1) is 12.8. The molecular formula is C10H20N2S. The average Bonchev–Trinajstić information content (AvgIpc) is 2.13. The molecule has 0 N–H and O–H groups in total. The van der Waals surface area contributed by atoms with E-state index in [0.717, 1.165) is 12.2 Å². The number of hydrogen-bond donors (Lipinski definition) is 0. The van der Waals surface area contributed by atoms with Crippen molar-refractivity contribution >= 4 is 11.8 Å². The summed E-state index contributed by atoms with van der Waals surface area (Å²) in [7, 11) is 2.12. The van der Waals surface area contributed by atoms with Gasteiger partial charge >= 0.3 is 0 Å². The zero-order valence-corrected chi connectivity index (χ0v) is 9.90. The third-order valence-electron chi connectivity index (χ3n) is 2.48. The summed E-state index contributed by atoms with van der Waals surface area (Å²) < 4.78 is 0. The Morgan fingerprint density at radius 2 is 2.15 bits per heavy atom. The van der Waals surface area contributed by atoms with Gasteiger partial charge in [-0.05, 0) is 26.6 Å². The van der Waals surface area contributed by atoms with Crippen molar-refractivity contribution in [2.24, 2.45) is 0 Å². The van der Waals surface area contributed by atoms with Crippen molar-refractivity contribution in [2.45, 2.75) is 38.8 Å². The van der Waals surface area contributed by atoms with E-state index in [-0.39, 0.29) is 0 Å². The van der Waals surface area contributed by atoms with Gasteiger partial charge < -0.3 is 0 Å². The lowest BCUT2D eigenvalue weighted by atomic mass is 10.1. The minimum atomic E-state index is 0.423. The molecule has 0 spiro atoms. The van der Waals surface area contributed by atoms with Crippen molar-refractivity contribution in [3.8, 4) is 6.07 Å². The number of nitrogens with zero attached hydrogens (tertiary/aromatic N) is 2. The van der Waals surface area contributed by atoms with Gasteiger partial charge in [-0.15, -0.1) is 0 Å². The molecule has 0 aliphatic carbocycles. The second-order valence-electron chi connectivity index (χ2n) is 3.39. The fourth-order valence-corrected chi connectivity index (χ4v) is 2.12. The average molecular weight is 200 g/mol. The van der Waals surface area contributed by atoms with E-state index < -0.39 is 0 Å². The second-order valence-corrected chi connectivity index (χ2v) is 4.30. The fourth-order valence-electron chi connectivity index (χ4n) is 1.40. The monoisotopic (exact) mass is 200 g/mol. The number of nitriles is 1. The number of rotatable bonds is 6. The van der Waals surface area contributed by atoms with Crippen molar-refractivity contribution in [2.75, 3.05) is 19.1 Å². The molecule has 0 fully saturated rings. The Balaban J connectivity index is 4.03. The predicted octanol–water partition coefficient (Wildman–Crippen LogP) is 2.36. The van der Waals surface area contributed by atoms with Crippen molar-refractivity contribution in [3.63, 3.8) is 0 Å². The first-order valence-electron chi connectivity index (χ1n) is 4.75. The third kappa shape index (κ3) is 4.54. The van der Waals surface area contributed by atoms with E-state index >= 15 is 0 Å². The smallest absolute Gasteiger partial charge is 0.0638 e. The Hall–Kier alpha value is -0.200. The molecule has 2 atom stereocenters. The van der Waals surface area contributed by atoms with Gasteiger partial charge in [-0.2, -0.15) is 17.0 Å². The van der Waals surface area contributed by atoms with Gasteiger partial charge in [0.25, 0.3) is 0 Å². The van der Waals surface area contributed by atoms with Gasteiger partial charge in [-0.25, -0.2) is 0 Å². The van der Waals surface area contributed by atoms with Gasteiger partial charge in [-0.3, -0.25) is 4.90 Å². The van der Waals surface area contributed by atoms with E-state index in [1.165, 1.54) is 0 Å². The quantitative estimate of drug-likeness (QED) is 0.658. The van der Waals surface area contributed by atoms with Crippen LogP contribution in [0.4, 0.5) is 0 Å². The minimum absolute atomic E-state index is 0.423. The highest BCUT2D eigenvalue weighted by molar-refractivity contribution is 7.98. The molecule has 0 rings (SSSR count). The number of hydrogen-bond acceptors (Lipinski definition) is 3. The van der Waals surface area contributed by atoms with E-state index in [1.54, 1.807) is 0 Å². The molecule has 0 saturated heterocycles. The molecule has 0 radical (unpaired) electrons. The standard InChI is InChI=1S/C10H20N2S/c1-5-10(6-7-11)12(3)9(2)8-13-4/h9-10H,5-6,8H2,1-4H3. The molecule has 0 saturated carbocycles. The van der Waals surface area contributed by atoms with Crippen molar-refractivity contribution < 1.29 is 0 Å². The lowest BCUT2D eigenvalue weighted by Crippen LogP contribution is -2.39. The maximum atomic E-state index is 8.65. The predicted molar refractivity (Wildman–Crippen MR) is 59.9 cm³/mol. The first-order valence-corrected chi connectivity index (χ1v) is 6.14. The highest BCUT2D eigenvalue weighted by Crippen LogP contribution is 2.12. The van der Waals surface area contributed by atoms with Crippen LogP contribution in [-0.4, -0.2) is 36.0 Å². The minimum Gasteiger partial charge on any atom is -0.299 e. The molecule has 0 aromatic heterocycles. The Morgan fingerprint density at radius 1 is 1.54 bits per heavy atom. The van der Waals surface area contributed by atoms with Crippen molar-refractivity contribution in [1.82, 2.24) is 4.90 Å². The summed E-state index contributed by atoms with van der Waals surface area (Å²) in [6.07, 6.45) is 3.82. The molecule has 3 heteroatoms. The lowest BCUT2D eigenvalue weighted by Gasteiger charge is -2.30. The number of thioether (sulfide) groups is 1. The maximum absolute atomic E-state index is 8.65. The summed E-state index contributed by atoms with van der Waals surface area (Å²) in [5.74, 6) is 1.14. The van der Waals surface area contributed by atoms with E-state index in [2.05, 4.69) is 38.1 Å². The molecule has 76 valence electrons. The van der Waals surface area contributed by atoms with Gasteiger partial charge in [0.1, 0.15) is 0 Å². The SMILES string of the molecule is CCC(CC#N)N(C)C(C)CSC. The molecule has 0 bridgehead atoms. The molecule has 0 aliphatic rings. The van der Waals surface area contributed by atoms with Crippen LogP contribution in [0, 0.1) is 11.3 Å². The summed E-state index contributed by atoms with van der Waals surface area (Å²) in [4.78, 5) is 2.32. The zero-order valence-electron chi connectivity index (χ0n) is 9.08. The van der Waals surface area contributed by atoms with Gasteiger partial charge in [0.2, 0.25) is 0 Å². The lowest BCUT2D eigenvalue weighted by molar-refractivity contribution is 0.195. The van der Waals surface area contributed by atoms with Crippen LogP contribution in [0.5, 0.6) is 0 Å². The topological polar surface area (TPSA) is 27.0 Å². The molecule has 0 aromatic rings. The van der Waals surface area contributed by atoms with Crippen LogP contribution in [0.1, 0.15) is 26.7 Å².